The van der Waals surface area contributed by atoms with Crippen LogP contribution in [0.5, 0.6) is 0 Å². The summed E-state index contributed by atoms with van der Waals surface area (Å²) in [5, 5.41) is 7.80. The van der Waals surface area contributed by atoms with Crippen molar-refractivity contribution in [2.24, 2.45) is 5.14 Å². The number of hydrogen-bond acceptors (Lipinski definition) is 4. The third-order valence-electron chi connectivity index (χ3n) is 2.92. The Hall–Kier alpha value is -1.93. The molecule has 0 aromatic heterocycles. The van der Waals surface area contributed by atoms with E-state index in [2.05, 4.69) is 5.32 Å². The van der Waals surface area contributed by atoms with Crippen LogP contribution in [0, 0.1) is 6.92 Å². The number of benzene rings is 1. The predicted molar refractivity (Wildman–Crippen MR) is 82.8 cm³/mol. The summed E-state index contributed by atoms with van der Waals surface area (Å²) >= 11 is 0. The first kappa shape index (κ1) is 18.1. The fourth-order valence-corrected chi connectivity index (χ4v) is 2.72. The molecule has 0 saturated carbocycles. The lowest BCUT2D eigenvalue weighted by Crippen LogP contribution is -2.40. The van der Waals surface area contributed by atoms with Crippen LogP contribution in [-0.2, 0) is 14.8 Å². The zero-order valence-corrected chi connectivity index (χ0v) is 13.9. The molecule has 8 heteroatoms. The number of carbonyl (C=O) groups excluding carboxylic acids is 2. The summed E-state index contributed by atoms with van der Waals surface area (Å²) in [5.74, 6) is -0.742. The third kappa shape index (κ3) is 4.81. The summed E-state index contributed by atoms with van der Waals surface area (Å²) in [7, 11) is -2.43. The molecule has 0 spiro atoms. The first-order valence-electron chi connectivity index (χ1n) is 6.70. The highest BCUT2D eigenvalue weighted by atomic mass is 32.2. The van der Waals surface area contributed by atoms with Crippen molar-refractivity contribution in [3.63, 3.8) is 0 Å². The number of hydrogen-bond donors (Lipinski definition) is 2. The van der Waals surface area contributed by atoms with Gasteiger partial charge in [0.05, 0.1) is 11.4 Å². The molecule has 0 radical (unpaired) electrons. The van der Waals surface area contributed by atoms with Crippen LogP contribution in [0.3, 0.4) is 0 Å². The average Bonchev–Trinajstić information content (AvgIpc) is 2.35. The van der Waals surface area contributed by atoms with E-state index in [0.717, 1.165) is 0 Å². The molecule has 22 heavy (non-hydrogen) atoms. The first-order chi connectivity index (χ1) is 10.0. The first-order valence-corrected chi connectivity index (χ1v) is 8.25. The summed E-state index contributed by atoms with van der Waals surface area (Å²) in [4.78, 5) is 25.0. The number of primary sulfonamides is 1. The highest BCUT2D eigenvalue weighted by Crippen LogP contribution is 2.16. The molecular formula is C14H21N3O4S. The molecule has 0 heterocycles. The topological polar surface area (TPSA) is 110 Å². The van der Waals surface area contributed by atoms with Crippen molar-refractivity contribution in [1.29, 1.82) is 0 Å². The molecule has 0 aliphatic rings. The quantitative estimate of drug-likeness (QED) is 0.807. The van der Waals surface area contributed by atoms with Crippen LogP contribution in [0.1, 0.15) is 29.8 Å². The molecule has 2 amide bonds. The van der Waals surface area contributed by atoms with Crippen LogP contribution in [0.2, 0.25) is 0 Å². The van der Waals surface area contributed by atoms with Crippen molar-refractivity contribution in [1.82, 2.24) is 10.2 Å². The van der Waals surface area contributed by atoms with Gasteiger partial charge in [-0.05, 0) is 38.5 Å². The van der Waals surface area contributed by atoms with Gasteiger partial charge < -0.3 is 10.2 Å². The molecule has 7 nitrogen and oxygen atoms in total. The number of likely N-dealkylation sites (N-methyl/N-ethyl adjacent to an activating group) is 1. The lowest BCUT2D eigenvalue weighted by atomic mass is 10.1. The molecule has 3 N–H and O–H groups in total. The van der Waals surface area contributed by atoms with Crippen LogP contribution >= 0.6 is 0 Å². The fourth-order valence-electron chi connectivity index (χ4n) is 1.91. The van der Waals surface area contributed by atoms with Gasteiger partial charge in [0.2, 0.25) is 15.9 Å². The van der Waals surface area contributed by atoms with Gasteiger partial charge in [-0.15, -0.1) is 0 Å². The van der Waals surface area contributed by atoms with Gasteiger partial charge in [-0.1, -0.05) is 6.07 Å². The predicted octanol–water partition coefficient (Wildman–Crippen LogP) is 0.239. The zero-order valence-electron chi connectivity index (χ0n) is 13.1. The van der Waals surface area contributed by atoms with Crippen molar-refractivity contribution < 1.29 is 18.0 Å². The second kappa shape index (κ2) is 6.89. The number of sulfonamides is 1. The van der Waals surface area contributed by atoms with Crippen LogP contribution < -0.4 is 10.5 Å². The molecule has 1 aromatic rings. The third-order valence-corrected chi connectivity index (χ3v) is 3.97. The molecule has 0 unspecified atom stereocenters. The van der Waals surface area contributed by atoms with Gasteiger partial charge in [-0.25, -0.2) is 13.6 Å². The van der Waals surface area contributed by atoms with Crippen LogP contribution in [-0.4, -0.2) is 44.8 Å². The SMILES string of the molecule is Cc1ccc(C(=O)N(C)CC(=O)NC(C)C)cc1S(N)(=O)=O. The van der Waals surface area contributed by atoms with Crippen molar-refractivity contribution >= 4 is 21.8 Å². The number of rotatable bonds is 5. The fraction of sp³-hybridized carbons (Fsp3) is 0.429. The Morgan fingerprint density at radius 2 is 1.91 bits per heavy atom. The van der Waals surface area contributed by atoms with E-state index in [4.69, 9.17) is 5.14 Å². The van der Waals surface area contributed by atoms with E-state index in [9.17, 15) is 18.0 Å². The van der Waals surface area contributed by atoms with Gasteiger partial charge in [-0.3, -0.25) is 9.59 Å². The molecule has 1 aromatic carbocycles. The normalized spacial score (nSPS) is 11.4. The van der Waals surface area contributed by atoms with Crippen molar-refractivity contribution in [3.05, 3.63) is 29.3 Å². The molecule has 0 bridgehead atoms. The van der Waals surface area contributed by atoms with Crippen molar-refractivity contribution in [2.75, 3.05) is 13.6 Å². The summed E-state index contributed by atoms with van der Waals surface area (Å²) in [6, 6.07) is 4.21. The monoisotopic (exact) mass is 327 g/mol. The Kier molecular flexibility index (Phi) is 5.67. The Morgan fingerprint density at radius 1 is 1.32 bits per heavy atom. The lowest BCUT2D eigenvalue weighted by molar-refractivity contribution is -0.122. The number of nitrogens with two attached hydrogens (primary N) is 1. The lowest BCUT2D eigenvalue weighted by Gasteiger charge is -2.18. The van der Waals surface area contributed by atoms with E-state index in [1.807, 2.05) is 13.8 Å². The molecule has 0 fully saturated rings. The van der Waals surface area contributed by atoms with Gasteiger partial charge >= 0.3 is 0 Å². The van der Waals surface area contributed by atoms with Gasteiger partial charge in [-0.2, -0.15) is 0 Å². The standard InChI is InChI=1S/C14H21N3O4S/c1-9(2)16-13(18)8-17(4)14(19)11-6-5-10(3)12(7-11)22(15,20)21/h5-7,9H,8H2,1-4H3,(H,16,18)(H2,15,20,21). The Labute approximate surface area is 130 Å². The molecule has 0 aliphatic carbocycles. The number of nitrogens with zero attached hydrogens (tertiary/aromatic N) is 1. The Morgan fingerprint density at radius 3 is 2.41 bits per heavy atom. The molecule has 0 atom stereocenters. The number of nitrogens with one attached hydrogen (secondary N) is 1. The highest BCUT2D eigenvalue weighted by molar-refractivity contribution is 7.89. The minimum absolute atomic E-state index is 0.0237. The number of aryl methyl sites for hydroxylation is 1. The van der Waals surface area contributed by atoms with Crippen LogP contribution in [0.15, 0.2) is 23.1 Å². The van der Waals surface area contributed by atoms with E-state index in [1.54, 1.807) is 6.92 Å². The van der Waals surface area contributed by atoms with Gasteiger partial charge in [0.25, 0.3) is 5.91 Å². The van der Waals surface area contributed by atoms with E-state index >= 15 is 0 Å². The molecule has 122 valence electrons. The van der Waals surface area contributed by atoms with E-state index in [0.29, 0.717) is 5.56 Å². The Balaban J connectivity index is 2.97. The molecule has 0 aliphatic heterocycles. The molecular weight excluding hydrogens is 306 g/mol. The van der Waals surface area contributed by atoms with E-state index in [-0.39, 0.29) is 29.0 Å². The highest BCUT2D eigenvalue weighted by Gasteiger charge is 2.19. The second-order valence-corrected chi connectivity index (χ2v) is 6.94. The summed E-state index contributed by atoms with van der Waals surface area (Å²) in [6.45, 7) is 5.11. The maximum atomic E-state index is 12.3. The van der Waals surface area contributed by atoms with Gasteiger partial charge in [0.15, 0.2) is 0 Å². The summed E-state index contributed by atoms with van der Waals surface area (Å²) < 4.78 is 23.0. The second-order valence-electron chi connectivity index (χ2n) is 5.41. The van der Waals surface area contributed by atoms with Gasteiger partial charge in [0.1, 0.15) is 0 Å². The van der Waals surface area contributed by atoms with Crippen LogP contribution in [0.25, 0.3) is 0 Å². The minimum atomic E-state index is -3.90. The van der Waals surface area contributed by atoms with Gasteiger partial charge in [0, 0.05) is 18.7 Å². The van der Waals surface area contributed by atoms with E-state index < -0.39 is 15.9 Å². The maximum Gasteiger partial charge on any atom is 0.254 e. The minimum Gasteiger partial charge on any atom is -0.352 e. The van der Waals surface area contributed by atoms with Crippen LogP contribution in [0.4, 0.5) is 0 Å². The number of carbonyl (C=O) groups is 2. The number of amides is 2. The van der Waals surface area contributed by atoms with Crippen molar-refractivity contribution in [2.45, 2.75) is 31.7 Å². The largest absolute Gasteiger partial charge is 0.352 e. The molecule has 1 rings (SSSR count). The average molecular weight is 327 g/mol. The summed E-state index contributed by atoms with van der Waals surface area (Å²) in [6.07, 6.45) is 0. The smallest absolute Gasteiger partial charge is 0.254 e. The maximum absolute atomic E-state index is 12.3. The molecule has 0 saturated heterocycles. The van der Waals surface area contributed by atoms with E-state index in [1.165, 1.54) is 30.1 Å². The zero-order chi connectivity index (χ0) is 17.1. The Bertz CT molecular complexity index is 683. The van der Waals surface area contributed by atoms with Crippen molar-refractivity contribution in [3.8, 4) is 0 Å². The summed E-state index contributed by atoms with van der Waals surface area (Å²) in [5.41, 5.74) is 0.619.